The molecule has 1 aliphatic heterocycles. The molecule has 1 saturated carbocycles. The average molecular weight is 276 g/mol. The Hall–Kier alpha value is -1.95. The average Bonchev–Trinajstić information content (AvgIpc) is 3.00. The highest BCUT2D eigenvalue weighted by Crippen LogP contribution is 2.38. The van der Waals surface area contributed by atoms with Crippen LogP contribution in [0.1, 0.15) is 35.2 Å². The standard InChI is InChI=1S/C14H16N2O4/c17-14(18)13-10(2-1-3-12(13)16(19)20)8-15-7-9-4-5-11(15)6-9/h1-3,9,11H,4-8H2,(H,17,18). The van der Waals surface area contributed by atoms with Crippen molar-refractivity contribution in [2.75, 3.05) is 6.54 Å². The molecule has 0 aromatic heterocycles. The van der Waals surface area contributed by atoms with E-state index in [9.17, 15) is 20.0 Å². The molecule has 1 aromatic carbocycles. The fraction of sp³-hybridized carbons (Fsp3) is 0.500. The Bertz CT molecular complexity index is 572. The number of hydrogen-bond acceptors (Lipinski definition) is 4. The minimum absolute atomic E-state index is 0.166. The first-order chi connectivity index (χ1) is 9.56. The highest BCUT2D eigenvalue weighted by molar-refractivity contribution is 5.94. The van der Waals surface area contributed by atoms with Crippen LogP contribution in [0.5, 0.6) is 0 Å². The molecule has 1 N–H and O–H groups in total. The molecule has 20 heavy (non-hydrogen) atoms. The van der Waals surface area contributed by atoms with Gasteiger partial charge in [-0.2, -0.15) is 0 Å². The fourth-order valence-corrected chi connectivity index (χ4v) is 3.56. The Kier molecular flexibility index (Phi) is 3.17. The molecule has 0 radical (unpaired) electrons. The van der Waals surface area contributed by atoms with Gasteiger partial charge in [-0.3, -0.25) is 15.0 Å². The Morgan fingerprint density at radius 1 is 1.45 bits per heavy atom. The van der Waals surface area contributed by atoms with Crippen molar-refractivity contribution in [2.24, 2.45) is 5.92 Å². The Labute approximate surface area is 116 Å². The van der Waals surface area contributed by atoms with E-state index in [1.54, 1.807) is 12.1 Å². The van der Waals surface area contributed by atoms with Crippen molar-refractivity contribution in [3.63, 3.8) is 0 Å². The Morgan fingerprint density at radius 3 is 2.80 bits per heavy atom. The molecule has 2 atom stereocenters. The molecule has 2 aliphatic rings. The molecular formula is C14H16N2O4. The van der Waals surface area contributed by atoms with Crippen LogP contribution in [0.3, 0.4) is 0 Å². The number of benzene rings is 1. The molecule has 1 saturated heterocycles. The highest BCUT2D eigenvalue weighted by atomic mass is 16.6. The molecule has 0 spiro atoms. The van der Waals surface area contributed by atoms with Crippen molar-refractivity contribution in [3.05, 3.63) is 39.4 Å². The summed E-state index contributed by atoms with van der Waals surface area (Å²) in [7, 11) is 0. The van der Waals surface area contributed by atoms with Crippen molar-refractivity contribution in [2.45, 2.75) is 31.8 Å². The van der Waals surface area contributed by atoms with E-state index in [-0.39, 0.29) is 11.3 Å². The minimum atomic E-state index is -1.23. The van der Waals surface area contributed by atoms with Crippen molar-refractivity contribution >= 4 is 11.7 Å². The first-order valence-electron chi connectivity index (χ1n) is 6.80. The van der Waals surface area contributed by atoms with Gasteiger partial charge < -0.3 is 5.11 Å². The second-order valence-corrected chi connectivity index (χ2v) is 5.64. The van der Waals surface area contributed by atoms with Crippen LogP contribution >= 0.6 is 0 Å². The molecule has 2 bridgehead atoms. The predicted molar refractivity (Wildman–Crippen MR) is 71.6 cm³/mol. The lowest BCUT2D eigenvalue weighted by Gasteiger charge is -2.27. The third kappa shape index (κ3) is 2.16. The number of nitro groups is 1. The van der Waals surface area contributed by atoms with Gasteiger partial charge in [-0.15, -0.1) is 0 Å². The first-order valence-corrected chi connectivity index (χ1v) is 6.80. The quantitative estimate of drug-likeness (QED) is 0.673. The van der Waals surface area contributed by atoms with Gasteiger partial charge in [0.1, 0.15) is 5.56 Å². The molecular weight excluding hydrogens is 260 g/mol. The molecule has 1 aromatic rings. The van der Waals surface area contributed by atoms with Crippen LogP contribution in [0.15, 0.2) is 18.2 Å². The number of carboxylic acid groups (broad SMARTS) is 1. The van der Waals surface area contributed by atoms with E-state index in [1.165, 1.54) is 18.9 Å². The Morgan fingerprint density at radius 2 is 2.25 bits per heavy atom. The van der Waals surface area contributed by atoms with Crippen LogP contribution in [0.2, 0.25) is 0 Å². The van der Waals surface area contributed by atoms with E-state index in [1.807, 2.05) is 0 Å². The fourth-order valence-electron chi connectivity index (χ4n) is 3.56. The van der Waals surface area contributed by atoms with Gasteiger partial charge in [0, 0.05) is 25.2 Å². The van der Waals surface area contributed by atoms with E-state index in [0.717, 1.165) is 13.0 Å². The van der Waals surface area contributed by atoms with Crippen LogP contribution in [0, 0.1) is 16.0 Å². The van der Waals surface area contributed by atoms with Crippen molar-refractivity contribution in [1.29, 1.82) is 0 Å². The van der Waals surface area contributed by atoms with E-state index < -0.39 is 10.9 Å². The topological polar surface area (TPSA) is 83.7 Å². The molecule has 2 unspecified atom stereocenters. The third-order valence-electron chi connectivity index (χ3n) is 4.44. The van der Waals surface area contributed by atoms with Gasteiger partial charge in [-0.1, -0.05) is 12.1 Å². The van der Waals surface area contributed by atoms with Gasteiger partial charge in [-0.05, 0) is 30.7 Å². The number of hydrogen-bond donors (Lipinski definition) is 1. The SMILES string of the molecule is O=C(O)c1c(CN2CC3CCC2C3)cccc1[N+](=O)[O-]. The lowest BCUT2D eigenvalue weighted by atomic mass is 10.0. The summed E-state index contributed by atoms with van der Waals surface area (Å²) in [6.45, 7) is 1.47. The number of nitro benzene ring substituents is 1. The summed E-state index contributed by atoms with van der Waals surface area (Å²) in [5, 5.41) is 20.3. The highest BCUT2D eigenvalue weighted by Gasteiger charge is 2.38. The normalized spacial score (nSPS) is 25.0. The molecule has 2 fully saturated rings. The summed E-state index contributed by atoms with van der Waals surface area (Å²) in [4.78, 5) is 24.0. The second-order valence-electron chi connectivity index (χ2n) is 5.64. The van der Waals surface area contributed by atoms with Crippen LogP contribution < -0.4 is 0 Å². The Balaban J connectivity index is 1.91. The zero-order valence-electron chi connectivity index (χ0n) is 11.0. The van der Waals surface area contributed by atoms with Gasteiger partial charge >= 0.3 is 5.97 Å². The van der Waals surface area contributed by atoms with Crippen molar-refractivity contribution < 1.29 is 14.8 Å². The molecule has 106 valence electrons. The maximum atomic E-state index is 11.4. The lowest BCUT2D eigenvalue weighted by molar-refractivity contribution is -0.385. The number of likely N-dealkylation sites (tertiary alicyclic amines) is 1. The van der Waals surface area contributed by atoms with Gasteiger partial charge in [0.15, 0.2) is 0 Å². The van der Waals surface area contributed by atoms with Crippen molar-refractivity contribution in [3.8, 4) is 0 Å². The minimum Gasteiger partial charge on any atom is -0.477 e. The van der Waals surface area contributed by atoms with E-state index >= 15 is 0 Å². The molecule has 6 nitrogen and oxygen atoms in total. The smallest absolute Gasteiger partial charge is 0.343 e. The number of carboxylic acids is 1. The first kappa shape index (κ1) is 13.1. The number of carbonyl (C=O) groups is 1. The second kappa shape index (κ2) is 4.86. The summed E-state index contributed by atoms with van der Waals surface area (Å²) >= 11 is 0. The molecule has 3 rings (SSSR count). The zero-order chi connectivity index (χ0) is 14.3. The van der Waals surface area contributed by atoms with Crippen molar-refractivity contribution in [1.82, 2.24) is 4.90 Å². The van der Waals surface area contributed by atoms with Gasteiger partial charge in [0.25, 0.3) is 5.69 Å². The molecule has 1 aliphatic carbocycles. The third-order valence-corrected chi connectivity index (χ3v) is 4.44. The van der Waals surface area contributed by atoms with Crippen LogP contribution in [0.4, 0.5) is 5.69 Å². The molecule has 1 heterocycles. The number of nitrogens with zero attached hydrogens (tertiary/aromatic N) is 2. The molecule has 6 heteroatoms. The number of aromatic carboxylic acids is 1. The van der Waals surface area contributed by atoms with Gasteiger partial charge in [0.2, 0.25) is 0 Å². The predicted octanol–water partition coefficient (Wildman–Crippen LogP) is 2.28. The summed E-state index contributed by atoms with van der Waals surface area (Å²) in [5.74, 6) is -0.511. The zero-order valence-corrected chi connectivity index (χ0v) is 11.0. The van der Waals surface area contributed by atoms with Crippen LogP contribution in [-0.4, -0.2) is 33.5 Å². The summed E-state index contributed by atoms with van der Waals surface area (Å²) in [6.07, 6.45) is 3.58. The van der Waals surface area contributed by atoms with Gasteiger partial charge in [0.05, 0.1) is 4.92 Å². The van der Waals surface area contributed by atoms with E-state index in [0.29, 0.717) is 24.1 Å². The number of piperidine rings is 1. The van der Waals surface area contributed by atoms with Gasteiger partial charge in [-0.25, -0.2) is 4.79 Å². The number of rotatable bonds is 4. The summed E-state index contributed by atoms with van der Waals surface area (Å²) in [6, 6.07) is 5.01. The summed E-state index contributed by atoms with van der Waals surface area (Å²) < 4.78 is 0. The maximum Gasteiger partial charge on any atom is 0.343 e. The van der Waals surface area contributed by atoms with E-state index in [2.05, 4.69) is 4.90 Å². The van der Waals surface area contributed by atoms with Crippen LogP contribution in [0.25, 0.3) is 0 Å². The molecule has 0 amide bonds. The largest absolute Gasteiger partial charge is 0.477 e. The maximum absolute atomic E-state index is 11.4. The van der Waals surface area contributed by atoms with Crippen LogP contribution in [-0.2, 0) is 6.54 Å². The number of fused-ring (bicyclic) bond motifs is 2. The van der Waals surface area contributed by atoms with E-state index in [4.69, 9.17) is 0 Å². The lowest BCUT2D eigenvalue weighted by Crippen LogP contribution is -2.32. The summed E-state index contributed by atoms with van der Waals surface area (Å²) in [5.41, 5.74) is 0.0545. The monoisotopic (exact) mass is 276 g/mol.